The number of esters is 1. The average molecular weight is 413 g/mol. The second-order valence-corrected chi connectivity index (χ2v) is 7.98. The molecule has 1 aromatic carbocycles. The number of carbonyl (C=O) groups excluding carboxylic acids is 3. The molecule has 0 bridgehead atoms. The van der Waals surface area contributed by atoms with E-state index in [1.807, 2.05) is 0 Å². The second kappa shape index (κ2) is 8.48. The van der Waals surface area contributed by atoms with Gasteiger partial charge in [-0.3, -0.25) is 14.4 Å². The van der Waals surface area contributed by atoms with Gasteiger partial charge in [0.25, 0.3) is 5.91 Å². The van der Waals surface area contributed by atoms with Crippen LogP contribution in [0.1, 0.15) is 39.0 Å². The highest BCUT2D eigenvalue weighted by Gasteiger charge is 2.40. The Labute approximate surface area is 168 Å². The van der Waals surface area contributed by atoms with E-state index in [0.29, 0.717) is 22.3 Å². The molecule has 0 unspecified atom stereocenters. The number of halogens is 2. The fraction of sp³-hybridized carbons (Fsp3) is 0.526. The minimum atomic E-state index is -0.995. The normalized spacial score (nSPS) is 21.4. The van der Waals surface area contributed by atoms with Crippen LogP contribution in [0.4, 0.5) is 5.69 Å². The fourth-order valence-electron chi connectivity index (χ4n) is 3.65. The largest absolute Gasteiger partial charge is 0.452 e. The molecule has 8 heteroatoms. The highest BCUT2D eigenvalue weighted by molar-refractivity contribution is 6.35. The zero-order valence-corrected chi connectivity index (χ0v) is 16.6. The van der Waals surface area contributed by atoms with Crippen LogP contribution >= 0.6 is 23.2 Å². The minimum Gasteiger partial charge on any atom is -0.452 e. The molecule has 1 saturated carbocycles. The predicted molar refractivity (Wildman–Crippen MR) is 103 cm³/mol. The van der Waals surface area contributed by atoms with Crippen molar-refractivity contribution in [2.75, 3.05) is 11.9 Å². The van der Waals surface area contributed by atoms with Crippen LogP contribution in [0.2, 0.25) is 10.0 Å². The monoisotopic (exact) mass is 412 g/mol. The van der Waals surface area contributed by atoms with E-state index in [-0.39, 0.29) is 18.4 Å². The van der Waals surface area contributed by atoms with Crippen molar-refractivity contribution in [2.24, 2.45) is 5.92 Å². The summed E-state index contributed by atoms with van der Waals surface area (Å²) in [5.74, 6) is -1.53. The topological polar surface area (TPSA) is 75.7 Å². The van der Waals surface area contributed by atoms with Crippen LogP contribution in [0.3, 0.4) is 0 Å². The third kappa shape index (κ3) is 4.93. The fourth-order valence-corrected chi connectivity index (χ4v) is 4.18. The summed E-state index contributed by atoms with van der Waals surface area (Å²) in [5.41, 5.74) is 0.420. The maximum absolute atomic E-state index is 12.4. The summed E-state index contributed by atoms with van der Waals surface area (Å²) in [7, 11) is 0. The van der Waals surface area contributed by atoms with Gasteiger partial charge in [-0.15, -0.1) is 0 Å². The van der Waals surface area contributed by atoms with Crippen LogP contribution in [0.5, 0.6) is 0 Å². The molecule has 1 aliphatic heterocycles. The number of rotatable bonds is 5. The molecule has 2 amide bonds. The van der Waals surface area contributed by atoms with Gasteiger partial charge in [0.2, 0.25) is 5.91 Å². The molecule has 146 valence electrons. The van der Waals surface area contributed by atoms with Crippen molar-refractivity contribution in [2.45, 2.75) is 51.2 Å². The number of nitrogens with zero attached hydrogens (tertiary/aromatic N) is 1. The number of ether oxygens (including phenoxy) is 1. The van der Waals surface area contributed by atoms with Gasteiger partial charge < -0.3 is 15.0 Å². The molecular formula is C19H22Cl2N2O4. The molecule has 1 saturated heterocycles. The lowest BCUT2D eigenvalue weighted by molar-refractivity contribution is -0.157. The minimum absolute atomic E-state index is 0.00507. The van der Waals surface area contributed by atoms with E-state index in [1.54, 1.807) is 23.1 Å². The molecule has 6 nitrogen and oxygen atoms in total. The molecule has 27 heavy (non-hydrogen) atoms. The first-order valence-corrected chi connectivity index (χ1v) is 9.86. The van der Waals surface area contributed by atoms with E-state index in [4.69, 9.17) is 27.9 Å². The first kappa shape index (κ1) is 20.0. The van der Waals surface area contributed by atoms with Crippen LogP contribution in [-0.2, 0) is 19.1 Å². The van der Waals surface area contributed by atoms with Crippen LogP contribution in [-0.4, -0.2) is 41.4 Å². The van der Waals surface area contributed by atoms with Gasteiger partial charge in [-0.1, -0.05) is 36.0 Å². The molecule has 2 aliphatic rings. The van der Waals surface area contributed by atoms with E-state index in [2.05, 4.69) is 5.32 Å². The highest BCUT2D eigenvalue weighted by Crippen LogP contribution is 2.30. The van der Waals surface area contributed by atoms with Gasteiger partial charge in [0.1, 0.15) is 0 Å². The standard InChI is InChI=1S/C19H22Cl2N2O4/c1-11(18(25)22-15-8-13(20)7-14(21)9-15)27-19(26)12-6-17(24)23(10-12)16-4-2-3-5-16/h7-9,11-12,16H,2-6,10H2,1H3,(H,22,25)/t11-,12-/m0/s1. The molecule has 0 aromatic heterocycles. The summed E-state index contributed by atoms with van der Waals surface area (Å²) in [4.78, 5) is 38.7. The van der Waals surface area contributed by atoms with E-state index >= 15 is 0 Å². The van der Waals surface area contributed by atoms with Crippen molar-refractivity contribution in [3.05, 3.63) is 28.2 Å². The number of likely N-dealkylation sites (tertiary alicyclic amines) is 1. The maximum Gasteiger partial charge on any atom is 0.312 e. The van der Waals surface area contributed by atoms with E-state index in [0.717, 1.165) is 25.7 Å². The Balaban J connectivity index is 1.54. The Morgan fingerprint density at radius 2 is 1.81 bits per heavy atom. The Morgan fingerprint density at radius 3 is 2.44 bits per heavy atom. The molecule has 1 heterocycles. The van der Waals surface area contributed by atoms with Crippen LogP contribution in [0, 0.1) is 5.92 Å². The molecule has 1 aliphatic carbocycles. The smallest absolute Gasteiger partial charge is 0.312 e. The van der Waals surface area contributed by atoms with Crippen molar-refractivity contribution in [3.8, 4) is 0 Å². The number of nitrogens with one attached hydrogen (secondary N) is 1. The number of anilines is 1. The molecule has 2 atom stereocenters. The molecule has 2 fully saturated rings. The van der Waals surface area contributed by atoms with Crippen molar-refractivity contribution in [3.63, 3.8) is 0 Å². The number of carbonyl (C=O) groups is 3. The second-order valence-electron chi connectivity index (χ2n) is 7.11. The summed E-state index contributed by atoms with van der Waals surface area (Å²) < 4.78 is 5.29. The van der Waals surface area contributed by atoms with Crippen molar-refractivity contribution >= 4 is 46.7 Å². The van der Waals surface area contributed by atoms with Crippen LogP contribution < -0.4 is 5.32 Å². The molecule has 3 rings (SSSR count). The highest BCUT2D eigenvalue weighted by atomic mass is 35.5. The van der Waals surface area contributed by atoms with Gasteiger partial charge in [-0.2, -0.15) is 0 Å². The predicted octanol–water partition coefficient (Wildman–Crippen LogP) is 3.65. The Morgan fingerprint density at radius 1 is 1.19 bits per heavy atom. The SMILES string of the molecule is C[C@H](OC(=O)[C@H]1CC(=O)N(C2CCCC2)C1)C(=O)Nc1cc(Cl)cc(Cl)c1. The average Bonchev–Trinajstić information content (AvgIpc) is 3.22. The van der Waals surface area contributed by atoms with Crippen molar-refractivity contribution in [1.29, 1.82) is 0 Å². The van der Waals surface area contributed by atoms with Gasteiger partial charge in [-0.25, -0.2) is 0 Å². The lowest BCUT2D eigenvalue weighted by Crippen LogP contribution is -2.36. The maximum atomic E-state index is 12.4. The van der Waals surface area contributed by atoms with Crippen molar-refractivity contribution < 1.29 is 19.1 Å². The summed E-state index contributed by atoms with van der Waals surface area (Å²) in [6.45, 7) is 1.87. The molecular weight excluding hydrogens is 391 g/mol. The zero-order valence-electron chi connectivity index (χ0n) is 15.0. The molecule has 0 radical (unpaired) electrons. The van der Waals surface area contributed by atoms with Gasteiger partial charge in [0.05, 0.1) is 5.92 Å². The van der Waals surface area contributed by atoms with Gasteiger partial charge in [0, 0.05) is 34.7 Å². The Hall–Kier alpha value is -1.79. The van der Waals surface area contributed by atoms with Gasteiger partial charge in [-0.05, 0) is 38.0 Å². The zero-order chi connectivity index (χ0) is 19.6. The summed E-state index contributed by atoms with van der Waals surface area (Å²) >= 11 is 11.8. The lowest BCUT2D eigenvalue weighted by Gasteiger charge is -2.24. The summed E-state index contributed by atoms with van der Waals surface area (Å²) in [5, 5.41) is 3.39. The van der Waals surface area contributed by atoms with E-state index in [9.17, 15) is 14.4 Å². The number of hydrogen-bond acceptors (Lipinski definition) is 4. The third-order valence-electron chi connectivity index (χ3n) is 5.05. The van der Waals surface area contributed by atoms with Gasteiger partial charge >= 0.3 is 5.97 Å². The van der Waals surface area contributed by atoms with Crippen LogP contribution in [0.15, 0.2) is 18.2 Å². The Kier molecular flexibility index (Phi) is 6.27. The number of amides is 2. The first-order valence-electron chi connectivity index (χ1n) is 9.10. The van der Waals surface area contributed by atoms with E-state index < -0.39 is 23.9 Å². The third-order valence-corrected chi connectivity index (χ3v) is 5.49. The first-order chi connectivity index (χ1) is 12.8. The quantitative estimate of drug-likeness (QED) is 0.748. The number of benzene rings is 1. The lowest BCUT2D eigenvalue weighted by atomic mass is 10.1. The number of hydrogen-bond donors (Lipinski definition) is 1. The van der Waals surface area contributed by atoms with Gasteiger partial charge in [0.15, 0.2) is 6.10 Å². The molecule has 1 aromatic rings. The van der Waals surface area contributed by atoms with Crippen LogP contribution in [0.25, 0.3) is 0 Å². The van der Waals surface area contributed by atoms with Crippen molar-refractivity contribution in [1.82, 2.24) is 4.90 Å². The summed E-state index contributed by atoms with van der Waals surface area (Å²) in [6.07, 6.45) is 3.38. The molecule has 1 N–H and O–H groups in total. The summed E-state index contributed by atoms with van der Waals surface area (Å²) in [6, 6.07) is 4.89. The Bertz CT molecular complexity index is 729. The van der Waals surface area contributed by atoms with E-state index in [1.165, 1.54) is 6.92 Å². The molecule has 0 spiro atoms.